The molecule has 3 atom stereocenters. The summed E-state index contributed by atoms with van der Waals surface area (Å²) in [6.07, 6.45) is 8.02. The summed E-state index contributed by atoms with van der Waals surface area (Å²) in [5.41, 5.74) is 3.18. The molecule has 5 rings (SSSR count). The van der Waals surface area contributed by atoms with Gasteiger partial charge in [-0.1, -0.05) is 29.8 Å². The maximum absolute atomic E-state index is 13.5. The highest BCUT2D eigenvalue weighted by Gasteiger charge is 2.37. The fourth-order valence-corrected chi connectivity index (χ4v) is 7.57. The van der Waals surface area contributed by atoms with Crippen LogP contribution in [-0.4, -0.2) is 83.0 Å². The van der Waals surface area contributed by atoms with Crippen LogP contribution in [-0.2, 0) is 32.7 Å². The molecule has 0 radical (unpaired) electrons. The first-order valence-electron chi connectivity index (χ1n) is 15.8. The van der Waals surface area contributed by atoms with E-state index in [0.29, 0.717) is 43.6 Å². The molecule has 2 heterocycles. The molecule has 0 spiro atoms. The Morgan fingerprint density at radius 1 is 1.07 bits per heavy atom. The van der Waals surface area contributed by atoms with Crippen LogP contribution in [0.1, 0.15) is 53.6 Å². The van der Waals surface area contributed by atoms with Gasteiger partial charge in [0.05, 0.1) is 31.6 Å². The Morgan fingerprint density at radius 2 is 1.93 bits per heavy atom. The number of amides is 1. The third-order valence-corrected chi connectivity index (χ3v) is 10.7. The van der Waals surface area contributed by atoms with Crippen molar-refractivity contribution in [2.45, 2.75) is 51.2 Å². The number of methoxy groups -OCH3 is 1. The van der Waals surface area contributed by atoms with Gasteiger partial charge in [-0.05, 0) is 91.8 Å². The number of carbonyl (C=O) groups excluding carboxylic acids is 1. The number of ether oxygens (including phenoxy) is 3. The van der Waals surface area contributed by atoms with Crippen molar-refractivity contribution in [1.82, 2.24) is 9.03 Å². The van der Waals surface area contributed by atoms with E-state index in [1.165, 1.54) is 4.31 Å². The van der Waals surface area contributed by atoms with Crippen molar-refractivity contribution in [2.24, 2.45) is 11.8 Å². The highest BCUT2D eigenvalue weighted by atomic mass is 35.5. The largest absolute Gasteiger partial charge is 0.487 e. The number of rotatable bonds is 6. The number of aliphatic hydroxyl groups is 1. The molecule has 246 valence electrons. The molecule has 2 aliphatic heterocycles. The van der Waals surface area contributed by atoms with E-state index in [-0.39, 0.29) is 37.1 Å². The van der Waals surface area contributed by atoms with Crippen LogP contribution in [0.25, 0.3) is 0 Å². The molecule has 0 unspecified atom stereocenters. The molecule has 2 aromatic carbocycles. The number of halogens is 1. The molecule has 1 aliphatic carbocycles. The minimum absolute atomic E-state index is 0.0614. The Morgan fingerprint density at radius 3 is 2.73 bits per heavy atom. The summed E-state index contributed by atoms with van der Waals surface area (Å²) in [5, 5.41) is 11.8. The van der Waals surface area contributed by atoms with Crippen LogP contribution in [0.15, 0.2) is 48.6 Å². The summed E-state index contributed by atoms with van der Waals surface area (Å²) in [6.45, 7) is 2.83. The van der Waals surface area contributed by atoms with Gasteiger partial charge in [0.25, 0.3) is 5.91 Å². The third kappa shape index (κ3) is 8.78. The van der Waals surface area contributed by atoms with Gasteiger partial charge >= 0.3 is 10.2 Å². The average Bonchev–Trinajstić information content (AvgIpc) is 3.02. The maximum atomic E-state index is 13.5. The van der Waals surface area contributed by atoms with Gasteiger partial charge in [-0.2, -0.15) is 12.7 Å². The second-order valence-electron chi connectivity index (χ2n) is 11.9. The Kier molecular flexibility index (Phi) is 11.8. The second-order valence-corrected chi connectivity index (χ2v) is 14.0. The summed E-state index contributed by atoms with van der Waals surface area (Å²) in [7, 11) is -2.63. The quantitative estimate of drug-likeness (QED) is 0.347. The number of hydrogen-bond acceptors (Lipinski definition) is 8. The summed E-state index contributed by atoms with van der Waals surface area (Å²) in [4.78, 5) is 15.7. The standard InChI is InChI=1S/C33H44ClN3O7S/c1-42-18-19-43-17-16-37-15-5-3-7-31(38)29-12-9-26(29)22-36-14-4-2-6-24-20-28(34)11-8-27(24)23-44-32-13-10-25(21-30(32)36)33(39)35-45(37,40)41/h3,7-8,10-11,13,20-21,26,29,31,38H,2,4-6,9,12,14-19,22-23H2,1H3,(H,35,39)/b7-3+/t26-,29+,31-/m0/s1. The normalized spacial score (nSPS) is 25.0. The molecule has 0 saturated heterocycles. The fourth-order valence-electron chi connectivity index (χ4n) is 6.23. The molecule has 2 N–H and O–H groups in total. The Bertz CT molecular complexity index is 1450. The number of aliphatic hydroxyl groups excluding tert-OH is 1. The number of nitrogens with one attached hydrogen (secondary N) is 1. The molecule has 12 heteroatoms. The van der Waals surface area contributed by atoms with Crippen molar-refractivity contribution in [3.8, 4) is 5.75 Å². The first-order chi connectivity index (χ1) is 21.7. The molecule has 2 aromatic rings. The van der Waals surface area contributed by atoms with Gasteiger partial charge in [0.1, 0.15) is 12.4 Å². The highest BCUT2D eigenvalue weighted by molar-refractivity contribution is 7.87. The predicted molar refractivity (Wildman–Crippen MR) is 174 cm³/mol. The Hall–Kier alpha value is -2.67. The number of anilines is 1. The third-order valence-electron chi connectivity index (χ3n) is 8.96. The zero-order valence-corrected chi connectivity index (χ0v) is 27.4. The first kappa shape index (κ1) is 33.7. The summed E-state index contributed by atoms with van der Waals surface area (Å²) < 4.78 is 47.3. The van der Waals surface area contributed by atoms with E-state index < -0.39 is 22.2 Å². The number of benzene rings is 2. The summed E-state index contributed by atoms with van der Waals surface area (Å²) in [5.74, 6) is 0.273. The lowest BCUT2D eigenvalue weighted by Crippen LogP contribution is -2.45. The van der Waals surface area contributed by atoms with Crippen LogP contribution in [0.5, 0.6) is 5.75 Å². The van der Waals surface area contributed by atoms with Crippen LogP contribution >= 0.6 is 11.6 Å². The molecule has 1 saturated carbocycles. The molecule has 10 nitrogen and oxygen atoms in total. The molecule has 1 amide bonds. The van der Waals surface area contributed by atoms with Crippen LogP contribution in [0.2, 0.25) is 5.02 Å². The molecular weight excluding hydrogens is 618 g/mol. The van der Waals surface area contributed by atoms with Gasteiger partial charge in [0, 0.05) is 43.9 Å². The second kappa shape index (κ2) is 15.8. The van der Waals surface area contributed by atoms with E-state index in [4.69, 9.17) is 25.8 Å². The van der Waals surface area contributed by atoms with Gasteiger partial charge < -0.3 is 24.2 Å². The van der Waals surface area contributed by atoms with Crippen molar-refractivity contribution in [3.63, 3.8) is 0 Å². The zero-order chi connectivity index (χ0) is 31.8. The van der Waals surface area contributed by atoms with Crippen molar-refractivity contribution in [1.29, 1.82) is 0 Å². The van der Waals surface area contributed by atoms with E-state index in [9.17, 15) is 18.3 Å². The van der Waals surface area contributed by atoms with Gasteiger partial charge in [0.15, 0.2) is 0 Å². The topological polar surface area (TPSA) is 118 Å². The highest BCUT2D eigenvalue weighted by Crippen LogP contribution is 2.41. The van der Waals surface area contributed by atoms with E-state index in [2.05, 4.69) is 9.62 Å². The Balaban J connectivity index is 1.47. The summed E-state index contributed by atoms with van der Waals surface area (Å²) >= 11 is 6.31. The molecule has 2 bridgehead atoms. The van der Waals surface area contributed by atoms with Gasteiger partial charge in [-0.15, -0.1) is 0 Å². The number of hydrogen-bond donors (Lipinski definition) is 2. The smallest absolute Gasteiger partial charge is 0.304 e. The minimum Gasteiger partial charge on any atom is -0.487 e. The van der Waals surface area contributed by atoms with Gasteiger partial charge in [0.2, 0.25) is 0 Å². The lowest BCUT2D eigenvalue weighted by molar-refractivity contribution is 0.0461. The van der Waals surface area contributed by atoms with Crippen LogP contribution in [0.3, 0.4) is 0 Å². The van der Waals surface area contributed by atoms with E-state index in [0.717, 1.165) is 55.5 Å². The molecular formula is C33H44ClN3O7S. The van der Waals surface area contributed by atoms with Crippen molar-refractivity contribution in [3.05, 3.63) is 70.3 Å². The average molecular weight is 662 g/mol. The van der Waals surface area contributed by atoms with E-state index >= 15 is 0 Å². The lowest BCUT2D eigenvalue weighted by atomic mass is 9.70. The fraction of sp³-hybridized carbons (Fsp3) is 0.545. The van der Waals surface area contributed by atoms with Crippen molar-refractivity contribution < 1.29 is 32.5 Å². The Labute approximate surface area is 271 Å². The van der Waals surface area contributed by atoms with Gasteiger partial charge in [-0.25, -0.2) is 4.72 Å². The van der Waals surface area contributed by atoms with Crippen LogP contribution in [0.4, 0.5) is 5.69 Å². The van der Waals surface area contributed by atoms with Crippen molar-refractivity contribution >= 4 is 33.4 Å². The SMILES string of the molecule is COCCOCCN1CC/C=C/[C@H](O)[C@@H]2CC[C@H]2CN2CCCCc3cc(Cl)ccc3COc3ccc(cc32)C(=O)NS1(=O)=O. The molecule has 45 heavy (non-hydrogen) atoms. The zero-order valence-electron chi connectivity index (χ0n) is 25.8. The summed E-state index contributed by atoms with van der Waals surface area (Å²) in [6, 6.07) is 10.9. The number of carbonyl (C=O) groups is 1. The minimum atomic E-state index is -4.19. The van der Waals surface area contributed by atoms with E-state index in [1.54, 1.807) is 31.4 Å². The van der Waals surface area contributed by atoms with Crippen LogP contribution in [0, 0.1) is 11.8 Å². The maximum Gasteiger partial charge on any atom is 0.304 e. The first-order valence-corrected chi connectivity index (χ1v) is 17.6. The number of aryl methyl sites for hydroxylation is 1. The van der Waals surface area contributed by atoms with Crippen LogP contribution < -0.4 is 14.4 Å². The van der Waals surface area contributed by atoms with Crippen molar-refractivity contribution in [2.75, 3.05) is 58.0 Å². The van der Waals surface area contributed by atoms with E-state index in [1.807, 2.05) is 24.3 Å². The molecule has 3 aliphatic rings. The number of nitrogens with zero attached hydrogens (tertiary/aromatic N) is 2. The lowest BCUT2D eigenvalue weighted by Gasteiger charge is -2.42. The number of fused-ring (bicyclic) bond motifs is 3. The molecule has 0 aromatic heterocycles. The predicted octanol–water partition coefficient (Wildman–Crippen LogP) is 4.35. The molecule has 1 fully saturated rings. The monoisotopic (exact) mass is 661 g/mol. The van der Waals surface area contributed by atoms with Gasteiger partial charge in [-0.3, -0.25) is 4.79 Å².